The van der Waals surface area contributed by atoms with Crippen LogP contribution in [0.25, 0.3) is 0 Å². The first-order chi connectivity index (χ1) is 9.06. The highest BCUT2D eigenvalue weighted by Gasteiger charge is 2.10. The summed E-state index contributed by atoms with van der Waals surface area (Å²) in [5.41, 5.74) is 6.34. The minimum absolute atomic E-state index is 0.245. The Labute approximate surface area is 120 Å². The molecular formula is C13H10Cl2N2O2. The van der Waals surface area contributed by atoms with E-state index < -0.39 is 5.91 Å². The number of benzene rings is 1. The maximum atomic E-state index is 11.3. The van der Waals surface area contributed by atoms with Gasteiger partial charge in [0.2, 0.25) is 0 Å². The van der Waals surface area contributed by atoms with E-state index >= 15 is 0 Å². The highest BCUT2D eigenvalue weighted by Crippen LogP contribution is 2.23. The number of nitrogens with two attached hydrogens (primary N) is 1. The number of hydrogen-bond acceptors (Lipinski definition) is 3. The van der Waals surface area contributed by atoms with Gasteiger partial charge in [-0.1, -0.05) is 29.3 Å². The summed E-state index contributed by atoms with van der Waals surface area (Å²) in [6.45, 7) is 0.256. The summed E-state index contributed by atoms with van der Waals surface area (Å²) in [6.07, 6.45) is 1.60. The Kier molecular flexibility index (Phi) is 4.24. The van der Waals surface area contributed by atoms with Crippen molar-refractivity contribution in [3.05, 3.63) is 57.8 Å². The Morgan fingerprint density at radius 1 is 1.26 bits per heavy atom. The molecule has 0 bridgehead atoms. The lowest BCUT2D eigenvalue weighted by Gasteiger charge is -2.09. The molecule has 2 aromatic rings. The van der Waals surface area contributed by atoms with E-state index in [1.807, 2.05) is 0 Å². The zero-order valence-electron chi connectivity index (χ0n) is 9.77. The van der Waals surface area contributed by atoms with Crippen LogP contribution in [0.4, 0.5) is 0 Å². The van der Waals surface area contributed by atoms with Gasteiger partial charge in [-0.15, -0.1) is 0 Å². The number of amides is 1. The average molecular weight is 297 g/mol. The molecule has 0 saturated carbocycles. The van der Waals surface area contributed by atoms with Crippen LogP contribution >= 0.6 is 23.2 Å². The fourth-order valence-electron chi connectivity index (χ4n) is 1.47. The van der Waals surface area contributed by atoms with Gasteiger partial charge < -0.3 is 10.5 Å². The third-order valence-corrected chi connectivity index (χ3v) is 2.85. The Hall–Kier alpha value is -1.78. The van der Waals surface area contributed by atoms with Crippen molar-refractivity contribution < 1.29 is 9.53 Å². The van der Waals surface area contributed by atoms with Gasteiger partial charge in [0, 0.05) is 16.8 Å². The van der Waals surface area contributed by atoms with E-state index in [-0.39, 0.29) is 12.2 Å². The third kappa shape index (κ3) is 3.59. The number of ether oxygens (including phenoxy) is 1. The molecule has 1 aromatic carbocycles. The first kappa shape index (κ1) is 13.6. The fraction of sp³-hybridized carbons (Fsp3) is 0.0769. The number of rotatable bonds is 4. The SMILES string of the molecule is NC(=O)c1cc(Cl)ccc1OCc1ccc(Cl)nc1. The fourth-order valence-corrected chi connectivity index (χ4v) is 1.76. The zero-order valence-corrected chi connectivity index (χ0v) is 11.3. The molecule has 19 heavy (non-hydrogen) atoms. The number of carbonyl (C=O) groups is 1. The van der Waals surface area contributed by atoms with Crippen LogP contribution in [0.15, 0.2) is 36.5 Å². The Bertz CT molecular complexity index is 600. The molecule has 0 unspecified atom stereocenters. The molecule has 0 aliphatic rings. The lowest BCUT2D eigenvalue weighted by molar-refractivity contribution is 0.0996. The molecule has 1 amide bonds. The lowest BCUT2D eigenvalue weighted by Crippen LogP contribution is -2.13. The van der Waals surface area contributed by atoms with Gasteiger partial charge in [0.15, 0.2) is 0 Å². The van der Waals surface area contributed by atoms with E-state index in [0.29, 0.717) is 15.9 Å². The number of pyridine rings is 1. The second-order valence-electron chi connectivity index (χ2n) is 3.78. The van der Waals surface area contributed by atoms with Crippen molar-refractivity contribution in [2.24, 2.45) is 5.73 Å². The molecular weight excluding hydrogens is 287 g/mol. The van der Waals surface area contributed by atoms with E-state index in [2.05, 4.69) is 4.98 Å². The van der Waals surface area contributed by atoms with Gasteiger partial charge >= 0.3 is 0 Å². The summed E-state index contributed by atoms with van der Waals surface area (Å²) < 4.78 is 5.54. The molecule has 0 atom stereocenters. The molecule has 1 aromatic heterocycles. The second-order valence-corrected chi connectivity index (χ2v) is 4.61. The highest BCUT2D eigenvalue weighted by atomic mass is 35.5. The first-order valence-corrected chi connectivity index (χ1v) is 6.14. The van der Waals surface area contributed by atoms with Gasteiger partial charge in [0.1, 0.15) is 17.5 Å². The molecule has 0 radical (unpaired) electrons. The minimum Gasteiger partial charge on any atom is -0.488 e. The topological polar surface area (TPSA) is 65.2 Å². The Morgan fingerprint density at radius 3 is 2.68 bits per heavy atom. The summed E-state index contributed by atoms with van der Waals surface area (Å²) in [5.74, 6) is -0.210. The normalized spacial score (nSPS) is 10.2. The number of primary amides is 1. The van der Waals surface area contributed by atoms with Crippen LogP contribution in [0.5, 0.6) is 5.75 Å². The smallest absolute Gasteiger partial charge is 0.252 e. The molecule has 0 aliphatic heterocycles. The molecule has 0 spiro atoms. The van der Waals surface area contributed by atoms with Crippen molar-refractivity contribution >= 4 is 29.1 Å². The van der Waals surface area contributed by atoms with Crippen LogP contribution in [0.2, 0.25) is 10.2 Å². The number of carbonyl (C=O) groups excluding carboxylic acids is 1. The van der Waals surface area contributed by atoms with Crippen LogP contribution in [-0.2, 0) is 6.61 Å². The highest BCUT2D eigenvalue weighted by molar-refractivity contribution is 6.31. The number of hydrogen-bond donors (Lipinski definition) is 1. The summed E-state index contributed by atoms with van der Waals surface area (Å²) in [6, 6.07) is 8.15. The predicted molar refractivity (Wildman–Crippen MR) is 73.5 cm³/mol. The molecule has 2 N–H and O–H groups in total. The van der Waals surface area contributed by atoms with Crippen LogP contribution in [-0.4, -0.2) is 10.9 Å². The number of halogens is 2. The van der Waals surface area contributed by atoms with Crippen molar-refractivity contribution in [3.8, 4) is 5.75 Å². The summed E-state index contributed by atoms with van der Waals surface area (Å²) >= 11 is 11.5. The van der Waals surface area contributed by atoms with E-state index in [0.717, 1.165) is 5.56 Å². The summed E-state index contributed by atoms with van der Waals surface area (Å²) in [5, 5.41) is 0.836. The predicted octanol–water partition coefficient (Wildman–Crippen LogP) is 3.07. The first-order valence-electron chi connectivity index (χ1n) is 5.39. The van der Waals surface area contributed by atoms with Crippen LogP contribution in [0.3, 0.4) is 0 Å². The van der Waals surface area contributed by atoms with Gasteiger partial charge in [0.05, 0.1) is 5.56 Å². The number of nitrogens with zero attached hydrogens (tertiary/aromatic N) is 1. The van der Waals surface area contributed by atoms with E-state index in [1.54, 1.807) is 30.5 Å². The van der Waals surface area contributed by atoms with Crippen LogP contribution < -0.4 is 10.5 Å². The van der Waals surface area contributed by atoms with Crippen molar-refractivity contribution in [2.75, 3.05) is 0 Å². The quantitative estimate of drug-likeness (QED) is 0.882. The van der Waals surface area contributed by atoms with E-state index in [1.165, 1.54) is 6.07 Å². The average Bonchev–Trinajstić information content (AvgIpc) is 2.39. The maximum Gasteiger partial charge on any atom is 0.252 e. The molecule has 4 nitrogen and oxygen atoms in total. The summed E-state index contributed by atoms with van der Waals surface area (Å²) in [7, 11) is 0. The maximum absolute atomic E-state index is 11.3. The van der Waals surface area contributed by atoms with Gasteiger partial charge in [-0.05, 0) is 24.3 Å². The van der Waals surface area contributed by atoms with Crippen LogP contribution in [0.1, 0.15) is 15.9 Å². The molecule has 0 fully saturated rings. The summed E-state index contributed by atoms with van der Waals surface area (Å²) in [4.78, 5) is 15.2. The standard InChI is InChI=1S/C13H10Cl2N2O2/c14-9-2-3-11(10(5-9)13(16)18)19-7-8-1-4-12(15)17-6-8/h1-6H,7H2,(H2,16,18). The molecule has 0 saturated heterocycles. The molecule has 0 aliphatic carbocycles. The Morgan fingerprint density at radius 2 is 2.05 bits per heavy atom. The second kappa shape index (κ2) is 5.91. The van der Waals surface area contributed by atoms with Gasteiger partial charge in [-0.25, -0.2) is 4.98 Å². The molecule has 6 heteroatoms. The van der Waals surface area contributed by atoms with Crippen molar-refractivity contribution in [1.82, 2.24) is 4.98 Å². The van der Waals surface area contributed by atoms with Gasteiger partial charge in [0.25, 0.3) is 5.91 Å². The third-order valence-electron chi connectivity index (χ3n) is 2.39. The van der Waals surface area contributed by atoms with Crippen molar-refractivity contribution in [3.63, 3.8) is 0 Å². The van der Waals surface area contributed by atoms with Crippen molar-refractivity contribution in [2.45, 2.75) is 6.61 Å². The Balaban J connectivity index is 2.15. The zero-order chi connectivity index (χ0) is 13.8. The van der Waals surface area contributed by atoms with Crippen LogP contribution in [0, 0.1) is 0 Å². The number of aromatic nitrogens is 1. The monoisotopic (exact) mass is 296 g/mol. The minimum atomic E-state index is -0.591. The van der Waals surface area contributed by atoms with Gasteiger partial charge in [-0.3, -0.25) is 4.79 Å². The molecule has 1 heterocycles. The largest absolute Gasteiger partial charge is 0.488 e. The van der Waals surface area contributed by atoms with E-state index in [4.69, 9.17) is 33.7 Å². The van der Waals surface area contributed by atoms with E-state index in [9.17, 15) is 4.79 Å². The molecule has 98 valence electrons. The van der Waals surface area contributed by atoms with Gasteiger partial charge in [-0.2, -0.15) is 0 Å². The van der Waals surface area contributed by atoms with Crippen molar-refractivity contribution in [1.29, 1.82) is 0 Å². The lowest BCUT2D eigenvalue weighted by atomic mass is 10.2. The molecule has 2 rings (SSSR count).